The third kappa shape index (κ3) is 3.84. The number of pyridine rings is 1. The van der Waals surface area contributed by atoms with Crippen LogP contribution in [-0.4, -0.2) is 43.4 Å². The molecule has 31 heavy (non-hydrogen) atoms. The Hall–Kier alpha value is -3.46. The van der Waals surface area contributed by atoms with Gasteiger partial charge in [0.25, 0.3) is 0 Å². The first-order valence-electron chi connectivity index (χ1n) is 10.1. The summed E-state index contributed by atoms with van der Waals surface area (Å²) in [6, 6.07) is 7.79. The second kappa shape index (κ2) is 7.99. The fraction of sp³-hybridized carbons (Fsp3) is 0.286. The van der Waals surface area contributed by atoms with Crippen molar-refractivity contribution in [2.24, 2.45) is 0 Å². The Bertz CT molecular complexity index is 1260. The molecule has 1 amide bonds. The zero-order valence-corrected chi connectivity index (χ0v) is 17.6. The number of carbonyl (C=O) groups excluding carboxylic acids is 1. The zero-order chi connectivity index (χ0) is 21.4. The molecule has 1 fully saturated rings. The number of fused-ring (bicyclic) bond motifs is 2. The predicted molar refractivity (Wildman–Crippen MR) is 120 cm³/mol. The number of piperidine rings is 1. The van der Waals surface area contributed by atoms with E-state index in [1.807, 2.05) is 25.1 Å². The van der Waals surface area contributed by atoms with Crippen molar-refractivity contribution in [3.8, 4) is 0 Å². The van der Waals surface area contributed by atoms with Gasteiger partial charge in [0.05, 0.1) is 22.9 Å². The molecular formula is C21H21ClN8O. The van der Waals surface area contributed by atoms with Crippen molar-refractivity contribution >= 4 is 51.2 Å². The lowest BCUT2D eigenvalue weighted by Crippen LogP contribution is -2.42. The van der Waals surface area contributed by atoms with Crippen molar-refractivity contribution in [3.05, 3.63) is 47.5 Å². The van der Waals surface area contributed by atoms with Crippen LogP contribution < -0.4 is 16.0 Å². The Balaban J connectivity index is 1.52. The van der Waals surface area contributed by atoms with Crippen molar-refractivity contribution in [1.82, 2.24) is 30.2 Å². The molecule has 0 aliphatic carbocycles. The maximum atomic E-state index is 11.5. The van der Waals surface area contributed by atoms with Crippen LogP contribution in [-0.2, 0) is 4.79 Å². The molecule has 5 rings (SSSR count). The Kier molecular flexibility index (Phi) is 5.03. The summed E-state index contributed by atoms with van der Waals surface area (Å²) < 4.78 is 0. The van der Waals surface area contributed by atoms with Gasteiger partial charge >= 0.3 is 0 Å². The molecule has 0 saturated carbocycles. The van der Waals surface area contributed by atoms with Crippen LogP contribution in [0.5, 0.6) is 0 Å². The van der Waals surface area contributed by atoms with Gasteiger partial charge in [0.15, 0.2) is 11.5 Å². The molecule has 1 aromatic carbocycles. The predicted octanol–water partition coefficient (Wildman–Crippen LogP) is 3.42. The molecule has 10 heteroatoms. The van der Waals surface area contributed by atoms with Crippen LogP contribution in [0.1, 0.15) is 31.4 Å². The molecule has 0 unspecified atom stereocenters. The number of imidazole rings is 1. The molecule has 4 aromatic rings. The lowest BCUT2D eigenvalue weighted by atomic mass is 10.0. The molecule has 2 atom stereocenters. The highest BCUT2D eigenvalue weighted by molar-refractivity contribution is 6.35. The fourth-order valence-electron chi connectivity index (χ4n) is 3.83. The van der Waals surface area contributed by atoms with Gasteiger partial charge in [-0.2, -0.15) is 0 Å². The third-order valence-corrected chi connectivity index (χ3v) is 5.78. The average Bonchev–Trinajstić information content (AvgIpc) is 3.25. The molecule has 0 spiro atoms. The number of hydrogen-bond acceptors (Lipinski definition) is 7. The normalized spacial score (nSPS) is 17.5. The Morgan fingerprint density at radius 3 is 2.97 bits per heavy atom. The highest BCUT2D eigenvalue weighted by atomic mass is 35.5. The summed E-state index contributed by atoms with van der Waals surface area (Å²) >= 11 is 6.41. The van der Waals surface area contributed by atoms with Crippen molar-refractivity contribution < 1.29 is 4.79 Å². The van der Waals surface area contributed by atoms with Crippen LogP contribution in [0.4, 0.5) is 11.6 Å². The van der Waals surface area contributed by atoms with E-state index in [-0.39, 0.29) is 18.0 Å². The number of para-hydroxylation sites is 1. The Morgan fingerprint density at radius 2 is 2.13 bits per heavy atom. The van der Waals surface area contributed by atoms with E-state index in [1.165, 1.54) is 6.33 Å². The molecule has 9 nitrogen and oxygen atoms in total. The maximum Gasteiger partial charge on any atom is 0.220 e. The van der Waals surface area contributed by atoms with E-state index in [2.05, 4.69) is 42.0 Å². The highest BCUT2D eigenvalue weighted by Gasteiger charge is 2.22. The first-order chi connectivity index (χ1) is 15.1. The minimum absolute atomic E-state index is 0.0789. The van der Waals surface area contributed by atoms with Crippen molar-refractivity contribution in [2.45, 2.75) is 31.8 Å². The van der Waals surface area contributed by atoms with Gasteiger partial charge in [-0.05, 0) is 25.5 Å². The highest BCUT2D eigenvalue weighted by Crippen LogP contribution is 2.32. The first-order valence-corrected chi connectivity index (χ1v) is 10.5. The number of halogens is 1. The number of amides is 1. The van der Waals surface area contributed by atoms with Crippen molar-refractivity contribution in [1.29, 1.82) is 0 Å². The summed E-state index contributed by atoms with van der Waals surface area (Å²) in [6.45, 7) is 2.61. The van der Waals surface area contributed by atoms with E-state index >= 15 is 0 Å². The van der Waals surface area contributed by atoms with E-state index in [9.17, 15) is 4.79 Å². The van der Waals surface area contributed by atoms with Crippen molar-refractivity contribution in [3.63, 3.8) is 0 Å². The van der Waals surface area contributed by atoms with Gasteiger partial charge in [-0.1, -0.05) is 23.7 Å². The SMILES string of the molecule is C[C@H](Nc1ncnc2nc[nH]c12)c1cc2cccc(Cl)c2nc1N[C@H]1CCC(=O)NC1. The molecule has 1 saturated heterocycles. The summed E-state index contributed by atoms with van der Waals surface area (Å²) in [5.41, 5.74) is 3.05. The number of aromatic amines is 1. The molecule has 158 valence electrons. The monoisotopic (exact) mass is 436 g/mol. The van der Waals surface area contributed by atoms with Crippen molar-refractivity contribution in [2.75, 3.05) is 17.2 Å². The number of anilines is 2. The summed E-state index contributed by atoms with van der Waals surface area (Å²) in [7, 11) is 0. The number of benzene rings is 1. The lowest BCUT2D eigenvalue weighted by Gasteiger charge is -2.27. The van der Waals surface area contributed by atoms with E-state index in [0.717, 1.165) is 34.2 Å². The number of nitrogens with one attached hydrogen (secondary N) is 4. The summed E-state index contributed by atoms with van der Waals surface area (Å²) in [4.78, 5) is 32.2. The summed E-state index contributed by atoms with van der Waals surface area (Å²) in [5.74, 6) is 1.48. The largest absolute Gasteiger partial charge is 0.365 e. The smallest absolute Gasteiger partial charge is 0.220 e. The number of aromatic nitrogens is 5. The Morgan fingerprint density at radius 1 is 1.23 bits per heavy atom. The second-order valence-electron chi connectivity index (χ2n) is 7.61. The molecule has 1 aliphatic rings. The van der Waals surface area contributed by atoms with Crippen LogP contribution in [0.2, 0.25) is 5.02 Å². The van der Waals surface area contributed by atoms with Crippen LogP contribution in [0.15, 0.2) is 36.9 Å². The summed E-state index contributed by atoms with van der Waals surface area (Å²) in [5, 5.41) is 11.4. The van der Waals surface area contributed by atoms with E-state index in [0.29, 0.717) is 29.5 Å². The molecule has 3 aromatic heterocycles. The Labute approximate surface area is 183 Å². The number of rotatable bonds is 5. The van der Waals surface area contributed by atoms with Crippen LogP contribution >= 0.6 is 11.6 Å². The number of hydrogen-bond donors (Lipinski definition) is 4. The minimum atomic E-state index is -0.127. The minimum Gasteiger partial charge on any atom is -0.365 e. The van der Waals surface area contributed by atoms with Crippen LogP contribution in [0.3, 0.4) is 0 Å². The lowest BCUT2D eigenvalue weighted by molar-refractivity contribution is -0.122. The zero-order valence-electron chi connectivity index (χ0n) is 16.8. The van der Waals surface area contributed by atoms with Gasteiger partial charge in [-0.3, -0.25) is 4.79 Å². The first kappa shape index (κ1) is 19.5. The van der Waals surface area contributed by atoms with Gasteiger partial charge < -0.3 is 20.9 Å². The van der Waals surface area contributed by atoms with Crippen LogP contribution in [0, 0.1) is 0 Å². The van der Waals surface area contributed by atoms with Gasteiger partial charge in [0.1, 0.15) is 17.7 Å². The second-order valence-corrected chi connectivity index (χ2v) is 8.02. The van der Waals surface area contributed by atoms with Gasteiger partial charge in [-0.15, -0.1) is 0 Å². The quantitative estimate of drug-likeness (QED) is 0.378. The van der Waals surface area contributed by atoms with E-state index < -0.39 is 0 Å². The van der Waals surface area contributed by atoms with Gasteiger partial charge in [0.2, 0.25) is 5.91 Å². The number of nitrogens with zero attached hydrogens (tertiary/aromatic N) is 4. The number of H-pyrrole nitrogens is 1. The van der Waals surface area contributed by atoms with E-state index in [1.54, 1.807) is 6.33 Å². The van der Waals surface area contributed by atoms with E-state index in [4.69, 9.17) is 16.6 Å². The summed E-state index contributed by atoms with van der Waals surface area (Å²) in [6.07, 6.45) is 4.32. The van der Waals surface area contributed by atoms with Crippen LogP contribution in [0.25, 0.3) is 22.1 Å². The fourth-order valence-corrected chi connectivity index (χ4v) is 4.06. The van der Waals surface area contributed by atoms with Gasteiger partial charge in [0, 0.05) is 30.0 Å². The maximum absolute atomic E-state index is 11.5. The standard InChI is InChI=1S/C21H21ClN8O/c1-11(28-21-18-20(25-9-24-18)26-10-27-21)14-7-12-3-2-4-15(22)17(12)30-19(14)29-13-5-6-16(31)23-8-13/h2-4,7,9-11,13H,5-6,8H2,1H3,(H,23,31)(H,29,30)(H2,24,25,26,27,28)/t11-,13-/m0/s1. The average molecular weight is 437 g/mol. The molecule has 1 aliphatic heterocycles. The molecule has 0 bridgehead atoms. The molecular weight excluding hydrogens is 416 g/mol. The van der Waals surface area contributed by atoms with Gasteiger partial charge in [-0.25, -0.2) is 19.9 Å². The number of carbonyl (C=O) groups is 1. The third-order valence-electron chi connectivity index (χ3n) is 5.48. The topological polar surface area (TPSA) is 121 Å². The molecule has 4 N–H and O–H groups in total. The molecule has 0 radical (unpaired) electrons. The molecule has 4 heterocycles.